The fourth-order valence-electron chi connectivity index (χ4n) is 3.17. The maximum atomic E-state index is 13.7. The molecule has 2 saturated heterocycles. The molecule has 2 N–H and O–H groups in total. The standard InChI is InChI=1S/C16H22FN3O2.HI/c1-18-16(20-13-8-11-4-6-15(13)22-11)19-9-10-3-5-14(21-2)12(17)7-10;/h3,5,7,11,13,15H,4,6,8-9H2,1-2H3,(H2,18,19,20);1H. The maximum Gasteiger partial charge on any atom is 0.191 e. The molecule has 3 unspecified atom stereocenters. The lowest BCUT2D eigenvalue weighted by Gasteiger charge is -2.22. The fraction of sp³-hybridized carbons (Fsp3) is 0.562. The van der Waals surface area contributed by atoms with Gasteiger partial charge < -0.3 is 20.1 Å². The van der Waals surface area contributed by atoms with E-state index in [4.69, 9.17) is 9.47 Å². The Hall–Kier alpha value is -1.09. The summed E-state index contributed by atoms with van der Waals surface area (Å²) in [6.45, 7) is 0.502. The molecule has 0 amide bonds. The maximum absolute atomic E-state index is 13.7. The SMILES string of the molecule is CN=C(NCc1ccc(OC)c(F)c1)NC1CC2CCC1O2.I. The summed E-state index contributed by atoms with van der Waals surface area (Å²) in [5.74, 6) is 0.619. The van der Waals surface area contributed by atoms with Crippen LogP contribution in [0.2, 0.25) is 0 Å². The van der Waals surface area contributed by atoms with Gasteiger partial charge in [-0.05, 0) is 37.0 Å². The zero-order valence-corrected chi connectivity index (χ0v) is 15.7. The third-order valence-electron chi connectivity index (χ3n) is 4.33. The van der Waals surface area contributed by atoms with Crippen LogP contribution >= 0.6 is 24.0 Å². The van der Waals surface area contributed by atoms with E-state index in [0.717, 1.165) is 24.4 Å². The van der Waals surface area contributed by atoms with Crippen LogP contribution < -0.4 is 15.4 Å². The summed E-state index contributed by atoms with van der Waals surface area (Å²) in [5, 5.41) is 6.61. The molecule has 0 aromatic heterocycles. The summed E-state index contributed by atoms with van der Waals surface area (Å²) < 4.78 is 24.4. The Morgan fingerprint density at radius 2 is 2.26 bits per heavy atom. The number of benzene rings is 1. The quantitative estimate of drug-likeness (QED) is 0.434. The Labute approximate surface area is 153 Å². The van der Waals surface area contributed by atoms with E-state index in [-0.39, 0.29) is 35.5 Å². The molecule has 2 heterocycles. The third-order valence-corrected chi connectivity index (χ3v) is 4.33. The second-order valence-corrected chi connectivity index (χ2v) is 5.76. The van der Waals surface area contributed by atoms with Crippen molar-refractivity contribution >= 4 is 29.9 Å². The van der Waals surface area contributed by atoms with Crippen molar-refractivity contribution in [3.63, 3.8) is 0 Å². The number of ether oxygens (including phenoxy) is 2. The normalized spacial score (nSPS) is 25.9. The van der Waals surface area contributed by atoms with Crippen LogP contribution in [0.15, 0.2) is 23.2 Å². The largest absolute Gasteiger partial charge is 0.494 e. The molecule has 2 fully saturated rings. The second kappa shape index (κ2) is 8.14. The van der Waals surface area contributed by atoms with Crippen molar-refractivity contribution in [3.05, 3.63) is 29.6 Å². The Balaban J connectivity index is 0.00000192. The summed E-state index contributed by atoms with van der Waals surface area (Å²) in [6, 6.07) is 5.26. The van der Waals surface area contributed by atoms with Crippen molar-refractivity contribution in [2.24, 2.45) is 4.99 Å². The predicted octanol–water partition coefficient (Wildman–Crippen LogP) is 2.44. The Morgan fingerprint density at radius 1 is 1.43 bits per heavy atom. The lowest BCUT2D eigenvalue weighted by molar-refractivity contribution is 0.0992. The lowest BCUT2D eigenvalue weighted by atomic mass is 9.96. The predicted molar refractivity (Wildman–Crippen MR) is 98.0 cm³/mol. The van der Waals surface area contributed by atoms with Gasteiger partial charge in [0.25, 0.3) is 0 Å². The Morgan fingerprint density at radius 3 is 2.83 bits per heavy atom. The minimum absolute atomic E-state index is 0. The van der Waals surface area contributed by atoms with Gasteiger partial charge in [-0.25, -0.2) is 4.39 Å². The van der Waals surface area contributed by atoms with Crippen LogP contribution in [-0.4, -0.2) is 38.4 Å². The minimum atomic E-state index is -0.355. The molecule has 2 aliphatic rings. The van der Waals surface area contributed by atoms with E-state index in [2.05, 4.69) is 15.6 Å². The molecule has 1 aromatic rings. The molecular formula is C16H23FIN3O2. The summed E-state index contributed by atoms with van der Waals surface area (Å²) in [7, 11) is 3.19. The van der Waals surface area contributed by atoms with E-state index in [1.54, 1.807) is 13.1 Å². The molecule has 128 valence electrons. The number of fused-ring (bicyclic) bond motifs is 2. The molecule has 0 aliphatic carbocycles. The van der Waals surface area contributed by atoms with Gasteiger partial charge in [-0.2, -0.15) is 0 Å². The van der Waals surface area contributed by atoms with Crippen LogP contribution in [0.1, 0.15) is 24.8 Å². The van der Waals surface area contributed by atoms with Crippen LogP contribution in [0.5, 0.6) is 5.75 Å². The molecule has 23 heavy (non-hydrogen) atoms. The molecular weight excluding hydrogens is 412 g/mol. The third kappa shape index (κ3) is 4.26. The molecule has 3 rings (SSSR count). The number of hydrogen-bond donors (Lipinski definition) is 2. The van der Waals surface area contributed by atoms with Gasteiger partial charge in [0.2, 0.25) is 0 Å². The van der Waals surface area contributed by atoms with Gasteiger partial charge in [-0.1, -0.05) is 6.07 Å². The number of aliphatic imine (C=N–C) groups is 1. The highest BCUT2D eigenvalue weighted by Gasteiger charge is 2.41. The highest BCUT2D eigenvalue weighted by atomic mass is 127. The van der Waals surface area contributed by atoms with Gasteiger partial charge in [0, 0.05) is 13.6 Å². The van der Waals surface area contributed by atoms with Gasteiger partial charge in [0.05, 0.1) is 25.4 Å². The summed E-state index contributed by atoms with van der Waals surface area (Å²) in [6.07, 6.45) is 4.00. The van der Waals surface area contributed by atoms with Crippen molar-refractivity contribution in [1.29, 1.82) is 0 Å². The summed E-state index contributed by atoms with van der Waals surface area (Å²) in [5.41, 5.74) is 0.838. The number of halogens is 2. The van der Waals surface area contributed by atoms with Crippen LogP contribution in [-0.2, 0) is 11.3 Å². The number of nitrogens with zero attached hydrogens (tertiary/aromatic N) is 1. The van der Waals surface area contributed by atoms with E-state index in [0.29, 0.717) is 24.8 Å². The van der Waals surface area contributed by atoms with E-state index in [1.165, 1.54) is 19.6 Å². The van der Waals surface area contributed by atoms with Crippen LogP contribution in [0, 0.1) is 5.82 Å². The monoisotopic (exact) mass is 435 g/mol. The Bertz CT molecular complexity index is 570. The molecule has 0 saturated carbocycles. The second-order valence-electron chi connectivity index (χ2n) is 5.76. The number of guanidine groups is 1. The van der Waals surface area contributed by atoms with Crippen molar-refractivity contribution in [2.45, 2.75) is 44.1 Å². The first-order chi connectivity index (χ1) is 10.7. The number of rotatable bonds is 4. The smallest absolute Gasteiger partial charge is 0.191 e. The molecule has 0 spiro atoms. The molecule has 7 heteroatoms. The first kappa shape index (κ1) is 18.3. The van der Waals surface area contributed by atoms with Gasteiger partial charge in [-0.15, -0.1) is 24.0 Å². The fourth-order valence-corrected chi connectivity index (χ4v) is 3.17. The summed E-state index contributed by atoms with van der Waals surface area (Å²) >= 11 is 0. The molecule has 2 aliphatic heterocycles. The topological polar surface area (TPSA) is 54.9 Å². The highest BCUT2D eigenvalue weighted by Crippen LogP contribution is 2.34. The van der Waals surface area contributed by atoms with E-state index >= 15 is 0 Å². The van der Waals surface area contributed by atoms with Crippen LogP contribution in [0.3, 0.4) is 0 Å². The number of hydrogen-bond acceptors (Lipinski definition) is 3. The molecule has 0 radical (unpaired) electrons. The number of nitrogens with one attached hydrogen (secondary N) is 2. The average molecular weight is 435 g/mol. The first-order valence-corrected chi connectivity index (χ1v) is 7.64. The van der Waals surface area contributed by atoms with Crippen molar-refractivity contribution < 1.29 is 13.9 Å². The average Bonchev–Trinajstić information content (AvgIpc) is 3.14. The van der Waals surface area contributed by atoms with E-state index in [9.17, 15) is 4.39 Å². The molecule has 3 atom stereocenters. The minimum Gasteiger partial charge on any atom is -0.494 e. The van der Waals surface area contributed by atoms with Gasteiger partial charge >= 0.3 is 0 Å². The van der Waals surface area contributed by atoms with E-state index < -0.39 is 0 Å². The van der Waals surface area contributed by atoms with E-state index in [1.807, 2.05) is 6.07 Å². The number of methoxy groups -OCH3 is 1. The van der Waals surface area contributed by atoms with Gasteiger partial charge in [0.1, 0.15) is 0 Å². The van der Waals surface area contributed by atoms with Crippen molar-refractivity contribution in [2.75, 3.05) is 14.2 Å². The molecule has 5 nitrogen and oxygen atoms in total. The zero-order chi connectivity index (χ0) is 15.5. The van der Waals surface area contributed by atoms with Gasteiger partial charge in [0.15, 0.2) is 17.5 Å². The van der Waals surface area contributed by atoms with Crippen molar-refractivity contribution in [3.8, 4) is 5.75 Å². The highest BCUT2D eigenvalue weighted by molar-refractivity contribution is 14.0. The lowest BCUT2D eigenvalue weighted by Crippen LogP contribution is -2.47. The first-order valence-electron chi connectivity index (χ1n) is 7.64. The van der Waals surface area contributed by atoms with Crippen molar-refractivity contribution in [1.82, 2.24) is 10.6 Å². The summed E-state index contributed by atoms with van der Waals surface area (Å²) in [4.78, 5) is 4.23. The van der Waals surface area contributed by atoms with Gasteiger partial charge in [-0.3, -0.25) is 4.99 Å². The Kier molecular flexibility index (Phi) is 6.46. The molecule has 1 aromatic carbocycles. The van der Waals surface area contributed by atoms with Crippen LogP contribution in [0.4, 0.5) is 4.39 Å². The molecule has 2 bridgehead atoms. The van der Waals surface area contributed by atoms with Crippen LogP contribution in [0.25, 0.3) is 0 Å². The zero-order valence-electron chi connectivity index (χ0n) is 13.3.